The molecule has 0 spiro atoms. The standard InChI is InChI=1S/C30H35N3O4S/c1-19(2)16-26(28(34)27(17-31)38-14-8-9-15-38)33-29(35)20(3)32-30(36)37-18-25-23-12-6-4-10-21(23)22-11-5-7-13-24(22)25/h4-7,10-13,19-20,25-26H,8-9,14-16,18H2,1-3H3,(H,32,36)(H,33,35)/t20-,26+/m1/s1. The van der Waals surface area contributed by atoms with Crippen molar-refractivity contribution < 1.29 is 19.1 Å². The van der Waals surface area contributed by atoms with Gasteiger partial charge in [0, 0.05) is 5.92 Å². The second-order valence-electron chi connectivity index (χ2n) is 10.3. The number of alkyl carbamates (subject to hydrolysis) is 1. The van der Waals surface area contributed by atoms with Gasteiger partial charge in [0.25, 0.3) is 0 Å². The SMILES string of the molecule is CC(C)C[C@H](NC(=O)[C@@H](C)NC(=O)OCC1c2ccccc2-c2ccccc21)C(=O)C(C#N)=S1CCCC1. The summed E-state index contributed by atoms with van der Waals surface area (Å²) in [5.74, 6) is 0.994. The van der Waals surface area contributed by atoms with Crippen LogP contribution in [0, 0.1) is 17.2 Å². The lowest BCUT2D eigenvalue weighted by atomic mass is 9.98. The topological polar surface area (TPSA) is 108 Å². The van der Waals surface area contributed by atoms with Gasteiger partial charge in [0.15, 0.2) is 0 Å². The Morgan fingerprint density at radius 1 is 0.974 bits per heavy atom. The Morgan fingerprint density at radius 2 is 1.55 bits per heavy atom. The Labute approximate surface area is 226 Å². The van der Waals surface area contributed by atoms with Crippen LogP contribution in [0.1, 0.15) is 57.1 Å². The molecule has 38 heavy (non-hydrogen) atoms. The average Bonchev–Trinajstić information content (AvgIpc) is 3.54. The number of nitriles is 1. The minimum Gasteiger partial charge on any atom is -0.449 e. The molecule has 0 radical (unpaired) electrons. The Hall–Kier alpha value is -3.44. The van der Waals surface area contributed by atoms with Crippen molar-refractivity contribution in [2.24, 2.45) is 5.92 Å². The fourth-order valence-corrected chi connectivity index (χ4v) is 7.43. The van der Waals surface area contributed by atoms with Crippen LogP contribution in [-0.4, -0.2) is 52.8 Å². The van der Waals surface area contributed by atoms with Crippen molar-refractivity contribution in [3.63, 3.8) is 0 Å². The van der Waals surface area contributed by atoms with Gasteiger partial charge in [-0.25, -0.2) is 4.79 Å². The molecular formula is C30H35N3O4S. The molecule has 2 atom stereocenters. The molecule has 1 aliphatic heterocycles. The highest BCUT2D eigenvalue weighted by Crippen LogP contribution is 2.44. The van der Waals surface area contributed by atoms with Gasteiger partial charge in [0.1, 0.15) is 23.6 Å². The number of ketones is 1. The van der Waals surface area contributed by atoms with Crippen LogP contribution in [0.5, 0.6) is 0 Å². The summed E-state index contributed by atoms with van der Waals surface area (Å²) in [5, 5.41) is 15.1. The highest BCUT2D eigenvalue weighted by atomic mass is 32.2. The van der Waals surface area contributed by atoms with Crippen LogP contribution < -0.4 is 10.6 Å². The fourth-order valence-electron chi connectivity index (χ4n) is 5.16. The van der Waals surface area contributed by atoms with E-state index in [2.05, 4.69) is 28.8 Å². The quantitative estimate of drug-likeness (QED) is 0.452. The van der Waals surface area contributed by atoms with E-state index >= 15 is 0 Å². The number of hydrogen-bond donors (Lipinski definition) is 2. The van der Waals surface area contributed by atoms with Crippen LogP contribution in [0.2, 0.25) is 0 Å². The van der Waals surface area contributed by atoms with Gasteiger partial charge < -0.3 is 15.4 Å². The van der Waals surface area contributed by atoms with Crippen LogP contribution in [-0.2, 0) is 14.3 Å². The monoisotopic (exact) mass is 533 g/mol. The zero-order chi connectivity index (χ0) is 27.2. The number of carbonyl (C=O) groups excluding carboxylic acids is 3. The van der Waals surface area contributed by atoms with Crippen molar-refractivity contribution in [2.75, 3.05) is 18.1 Å². The molecule has 8 heteroatoms. The van der Waals surface area contributed by atoms with E-state index in [1.54, 1.807) is 6.92 Å². The van der Waals surface area contributed by atoms with E-state index in [4.69, 9.17) is 4.74 Å². The number of carbonyl (C=O) groups is 3. The first-order valence-corrected chi connectivity index (χ1v) is 14.8. The third kappa shape index (κ3) is 6.16. The molecule has 1 aliphatic carbocycles. The Bertz CT molecular complexity index is 1240. The summed E-state index contributed by atoms with van der Waals surface area (Å²) in [6, 6.07) is 16.6. The zero-order valence-electron chi connectivity index (χ0n) is 22.2. The number of rotatable bonds is 9. The first-order valence-electron chi connectivity index (χ1n) is 13.2. The number of nitrogens with zero attached hydrogens (tertiary/aromatic N) is 1. The maximum atomic E-state index is 13.2. The van der Waals surface area contributed by atoms with Crippen molar-refractivity contribution in [2.45, 2.75) is 58.0 Å². The number of ether oxygens (including phenoxy) is 1. The molecule has 2 amide bonds. The molecule has 0 saturated carbocycles. The first kappa shape index (κ1) is 27.6. The Morgan fingerprint density at radius 3 is 2.11 bits per heavy atom. The predicted molar refractivity (Wildman–Crippen MR) is 151 cm³/mol. The second-order valence-corrected chi connectivity index (χ2v) is 12.5. The van der Waals surface area contributed by atoms with Gasteiger partial charge in [-0.15, -0.1) is 0 Å². The molecule has 1 heterocycles. The number of amides is 2. The molecule has 2 aromatic carbocycles. The Balaban J connectivity index is 1.37. The van der Waals surface area contributed by atoms with Crippen LogP contribution in [0.4, 0.5) is 4.79 Å². The highest BCUT2D eigenvalue weighted by molar-refractivity contribution is 8.17. The summed E-state index contributed by atoms with van der Waals surface area (Å²) in [7, 11) is -0.336. The molecule has 2 aliphatic rings. The van der Waals surface area contributed by atoms with E-state index in [9.17, 15) is 19.6 Å². The van der Waals surface area contributed by atoms with Gasteiger partial charge in [-0.3, -0.25) is 9.59 Å². The first-order chi connectivity index (χ1) is 18.3. The van der Waals surface area contributed by atoms with E-state index in [1.807, 2.05) is 50.2 Å². The van der Waals surface area contributed by atoms with Gasteiger partial charge in [0.2, 0.25) is 11.7 Å². The molecule has 1 saturated heterocycles. The molecule has 2 aromatic rings. The van der Waals surface area contributed by atoms with Gasteiger partial charge >= 0.3 is 6.09 Å². The van der Waals surface area contributed by atoms with Crippen molar-refractivity contribution in [1.82, 2.24) is 10.6 Å². The third-order valence-electron chi connectivity index (χ3n) is 7.06. The van der Waals surface area contributed by atoms with Crippen molar-refractivity contribution >= 4 is 33.1 Å². The van der Waals surface area contributed by atoms with E-state index in [0.29, 0.717) is 6.42 Å². The third-order valence-corrected chi connectivity index (χ3v) is 9.49. The minimum absolute atomic E-state index is 0.0818. The molecule has 0 aromatic heterocycles. The molecule has 2 N–H and O–H groups in total. The molecule has 0 bridgehead atoms. The van der Waals surface area contributed by atoms with Crippen molar-refractivity contribution in [3.05, 3.63) is 59.7 Å². The highest BCUT2D eigenvalue weighted by Gasteiger charge is 2.31. The van der Waals surface area contributed by atoms with Crippen molar-refractivity contribution in [3.8, 4) is 17.2 Å². The predicted octanol–water partition coefficient (Wildman–Crippen LogP) is 4.77. The second kappa shape index (κ2) is 12.4. The lowest BCUT2D eigenvalue weighted by Gasteiger charge is -2.22. The number of benzene rings is 2. The summed E-state index contributed by atoms with van der Waals surface area (Å²) in [6.45, 7) is 5.64. The molecule has 4 rings (SSSR count). The van der Waals surface area contributed by atoms with Gasteiger partial charge in [0.05, 0.1) is 6.04 Å². The van der Waals surface area contributed by atoms with Crippen LogP contribution in [0.25, 0.3) is 11.1 Å². The summed E-state index contributed by atoms with van der Waals surface area (Å²) < 4.78 is 5.56. The molecular weight excluding hydrogens is 498 g/mol. The summed E-state index contributed by atoms with van der Waals surface area (Å²) >= 11 is 0. The van der Waals surface area contributed by atoms with E-state index in [-0.39, 0.29) is 39.6 Å². The van der Waals surface area contributed by atoms with Gasteiger partial charge in [-0.05, 0) is 65.9 Å². The largest absolute Gasteiger partial charge is 0.449 e. The smallest absolute Gasteiger partial charge is 0.407 e. The fraction of sp³-hybridized carbons (Fsp3) is 0.433. The number of fused-ring (bicyclic) bond motifs is 3. The molecule has 7 nitrogen and oxygen atoms in total. The lowest BCUT2D eigenvalue weighted by molar-refractivity contribution is -0.126. The molecule has 200 valence electrons. The van der Waals surface area contributed by atoms with E-state index in [0.717, 1.165) is 46.6 Å². The summed E-state index contributed by atoms with van der Waals surface area (Å²) in [4.78, 5) is 39.1. The minimum atomic E-state index is -0.910. The van der Waals surface area contributed by atoms with Crippen LogP contribution in [0.15, 0.2) is 48.5 Å². The molecule has 1 fully saturated rings. The van der Waals surface area contributed by atoms with Crippen LogP contribution in [0.3, 0.4) is 0 Å². The number of Topliss-reactive ketones (excluding diaryl/α,β-unsaturated/α-hetero) is 1. The summed E-state index contributed by atoms with van der Waals surface area (Å²) in [6.07, 6.45) is 1.76. The van der Waals surface area contributed by atoms with E-state index in [1.165, 1.54) is 0 Å². The number of hydrogen-bond acceptors (Lipinski definition) is 5. The summed E-state index contributed by atoms with van der Waals surface area (Å²) in [5.41, 5.74) is 4.49. The van der Waals surface area contributed by atoms with Crippen molar-refractivity contribution in [1.29, 1.82) is 5.26 Å². The maximum absolute atomic E-state index is 13.2. The van der Waals surface area contributed by atoms with Gasteiger partial charge in [-0.1, -0.05) is 62.4 Å². The normalized spacial score (nSPS) is 16.2. The van der Waals surface area contributed by atoms with Crippen LogP contribution >= 0.6 is 10.5 Å². The maximum Gasteiger partial charge on any atom is 0.407 e. The zero-order valence-corrected chi connectivity index (χ0v) is 23.0. The van der Waals surface area contributed by atoms with Gasteiger partial charge in [-0.2, -0.15) is 15.7 Å². The Kier molecular flexibility index (Phi) is 9.01. The lowest BCUT2D eigenvalue weighted by Crippen LogP contribution is -2.52. The molecule has 0 unspecified atom stereocenters. The number of nitrogens with one attached hydrogen (secondary N) is 2. The average molecular weight is 534 g/mol. The van der Waals surface area contributed by atoms with E-state index < -0.39 is 24.1 Å².